The second-order valence-electron chi connectivity index (χ2n) is 6.91. The van der Waals surface area contributed by atoms with Crippen molar-refractivity contribution in [1.82, 2.24) is 4.31 Å². The van der Waals surface area contributed by atoms with Crippen molar-refractivity contribution in [2.75, 3.05) is 45.3 Å². The van der Waals surface area contributed by atoms with Crippen LogP contribution < -0.4 is 9.47 Å². The van der Waals surface area contributed by atoms with Crippen LogP contribution in [0.2, 0.25) is 0 Å². The first-order valence-corrected chi connectivity index (χ1v) is 12.2. The highest BCUT2D eigenvalue weighted by molar-refractivity contribution is 8.00. The minimum atomic E-state index is -3.56. The Bertz CT molecular complexity index is 1000. The number of hydrogen-bond donors (Lipinski definition) is 0. The van der Waals surface area contributed by atoms with Gasteiger partial charge in [0.25, 0.3) is 0 Å². The van der Waals surface area contributed by atoms with E-state index in [0.717, 1.165) is 17.1 Å². The maximum absolute atomic E-state index is 12.7. The summed E-state index contributed by atoms with van der Waals surface area (Å²) in [5.41, 5.74) is 0.484. The van der Waals surface area contributed by atoms with Gasteiger partial charge in [-0.05, 0) is 30.3 Å². The lowest BCUT2D eigenvalue weighted by molar-refractivity contribution is 0.0730. The molecule has 0 unspecified atom stereocenters. The zero-order valence-electron chi connectivity index (χ0n) is 16.4. The van der Waals surface area contributed by atoms with E-state index in [9.17, 15) is 13.2 Å². The van der Waals surface area contributed by atoms with Gasteiger partial charge in [-0.15, -0.1) is 11.8 Å². The second-order valence-corrected chi connectivity index (χ2v) is 9.90. The van der Waals surface area contributed by atoms with Crippen molar-refractivity contribution in [3.05, 3.63) is 48.0 Å². The molecule has 0 atom stereocenters. The number of rotatable bonds is 6. The van der Waals surface area contributed by atoms with Crippen LogP contribution in [0.5, 0.6) is 11.5 Å². The van der Waals surface area contributed by atoms with Gasteiger partial charge in [0.05, 0.1) is 37.1 Å². The zero-order chi connectivity index (χ0) is 21.0. The number of hydrogen-bond acceptors (Lipinski definition) is 7. The quantitative estimate of drug-likeness (QED) is 0.495. The van der Waals surface area contributed by atoms with E-state index >= 15 is 0 Å². The molecule has 7 nitrogen and oxygen atoms in total. The van der Waals surface area contributed by atoms with Crippen LogP contribution in [0.1, 0.15) is 16.8 Å². The lowest BCUT2D eigenvalue weighted by Gasteiger charge is -2.26. The molecule has 2 aliphatic rings. The Morgan fingerprint density at radius 2 is 1.63 bits per heavy atom. The summed E-state index contributed by atoms with van der Waals surface area (Å²) in [6.07, 6.45) is 0.840. The van der Waals surface area contributed by atoms with Gasteiger partial charge in [0.15, 0.2) is 17.3 Å². The predicted octanol–water partition coefficient (Wildman–Crippen LogP) is 2.84. The Balaban J connectivity index is 1.39. The summed E-state index contributed by atoms with van der Waals surface area (Å²) < 4.78 is 43.3. The van der Waals surface area contributed by atoms with Gasteiger partial charge in [-0.25, -0.2) is 8.42 Å². The van der Waals surface area contributed by atoms with E-state index < -0.39 is 10.0 Å². The van der Waals surface area contributed by atoms with E-state index in [-0.39, 0.29) is 16.4 Å². The number of sulfonamides is 1. The number of thioether (sulfide) groups is 1. The number of carbonyl (C=O) groups excluding carboxylic acids is 1. The highest BCUT2D eigenvalue weighted by Crippen LogP contribution is 2.34. The Morgan fingerprint density at radius 3 is 2.37 bits per heavy atom. The number of ketones is 1. The van der Waals surface area contributed by atoms with Crippen LogP contribution in [0.3, 0.4) is 0 Å². The van der Waals surface area contributed by atoms with Crippen molar-refractivity contribution < 1.29 is 27.4 Å². The molecule has 160 valence electrons. The van der Waals surface area contributed by atoms with Crippen LogP contribution in [0.25, 0.3) is 0 Å². The highest BCUT2D eigenvalue weighted by Gasteiger charge is 2.26. The molecular formula is C21H23NO6S2. The van der Waals surface area contributed by atoms with Crippen LogP contribution in [0.15, 0.2) is 52.3 Å². The topological polar surface area (TPSA) is 82.1 Å². The van der Waals surface area contributed by atoms with Crippen molar-refractivity contribution in [2.24, 2.45) is 0 Å². The van der Waals surface area contributed by atoms with Crippen LogP contribution in [-0.2, 0) is 14.8 Å². The summed E-state index contributed by atoms with van der Waals surface area (Å²) in [4.78, 5) is 13.7. The van der Waals surface area contributed by atoms with Crippen molar-refractivity contribution in [3.63, 3.8) is 0 Å². The fourth-order valence-corrected chi connectivity index (χ4v) is 5.44. The average molecular weight is 450 g/mol. The largest absolute Gasteiger partial charge is 0.490 e. The third-order valence-electron chi connectivity index (χ3n) is 4.87. The molecule has 0 saturated carbocycles. The molecule has 0 aromatic heterocycles. The van der Waals surface area contributed by atoms with Crippen molar-refractivity contribution in [2.45, 2.75) is 16.2 Å². The summed E-state index contributed by atoms with van der Waals surface area (Å²) in [6.45, 7) is 2.72. The van der Waals surface area contributed by atoms with E-state index in [1.165, 1.54) is 28.2 Å². The molecule has 0 spiro atoms. The highest BCUT2D eigenvalue weighted by atomic mass is 32.2. The van der Waals surface area contributed by atoms with E-state index in [1.807, 2.05) is 18.2 Å². The molecule has 2 aromatic rings. The monoisotopic (exact) mass is 449 g/mol. The molecule has 2 aliphatic heterocycles. The van der Waals surface area contributed by atoms with Crippen molar-refractivity contribution >= 4 is 27.6 Å². The fourth-order valence-electron chi connectivity index (χ4n) is 3.21. The molecule has 0 aliphatic carbocycles. The summed E-state index contributed by atoms with van der Waals surface area (Å²) in [6, 6.07) is 11.8. The van der Waals surface area contributed by atoms with Crippen LogP contribution in [0, 0.1) is 0 Å². The third-order valence-corrected chi connectivity index (χ3v) is 7.78. The molecule has 0 radical (unpaired) electrons. The first-order valence-electron chi connectivity index (χ1n) is 9.78. The summed E-state index contributed by atoms with van der Waals surface area (Å²) in [7, 11) is -3.56. The maximum Gasteiger partial charge on any atom is 0.243 e. The predicted molar refractivity (Wildman–Crippen MR) is 113 cm³/mol. The van der Waals surface area contributed by atoms with Crippen molar-refractivity contribution in [1.29, 1.82) is 0 Å². The number of carbonyl (C=O) groups is 1. The minimum absolute atomic E-state index is 0.0672. The van der Waals surface area contributed by atoms with Gasteiger partial charge in [0.2, 0.25) is 10.0 Å². The number of Topliss-reactive ketones (excluding diaryl/α,β-unsaturated/α-hetero) is 1. The number of nitrogens with zero attached hydrogens (tertiary/aromatic N) is 1. The van der Waals surface area contributed by atoms with E-state index in [1.54, 1.807) is 12.1 Å². The van der Waals surface area contributed by atoms with Crippen LogP contribution in [0.4, 0.5) is 0 Å². The standard InChI is InChI=1S/C21H23NO6S2/c23-19(15-29-17-4-7-20-21(14-17)28-11-1-10-27-20)16-2-5-18(6-3-16)30(24,25)22-8-12-26-13-9-22/h2-7,14H,1,8-13,15H2. The smallest absolute Gasteiger partial charge is 0.243 e. The van der Waals surface area contributed by atoms with E-state index in [2.05, 4.69) is 0 Å². The summed E-state index contributed by atoms with van der Waals surface area (Å²) in [5.74, 6) is 1.60. The molecule has 2 aromatic carbocycles. The Morgan fingerprint density at radius 1 is 0.933 bits per heavy atom. The lowest BCUT2D eigenvalue weighted by atomic mass is 10.1. The van der Waals surface area contributed by atoms with Gasteiger partial charge in [0.1, 0.15) is 0 Å². The Kier molecular flexibility index (Phi) is 6.62. The third kappa shape index (κ3) is 4.80. The average Bonchev–Trinajstić information content (AvgIpc) is 3.03. The van der Waals surface area contributed by atoms with Gasteiger partial charge in [0, 0.05) is 30.0 Å². The molecule has 30 heavy (non-hydrogen) atoms. The SMILES string of the molecule is O=C(CSc1ccc2c(c1)OCCCO2)c1ccc(S(=O)(=O)N2CCOCC2)cc1. The molecule has 4 rings (SSSR count). The van der Waals surface area contributed by atoms with Gasteiger partial charge >= 0.3 is 0 Å². The first kappa shape index (κ1) is 21.2. The fraction of sp³-hybridized carbons (Fsp3) is 0.381. The molecule has 1 saturated heterocycles. The maximum atomic E-state index is 12.7. The summed E-state index contributed by atoms with van der Waals surface area (Å²) >= 11 is 1.41. The normalized spacial score (nSPS) is 17.3. The zero-order valence-corrected chi connectivity index (χ0v) is 18.0. The van der Waals surface area contributed by atoms with Gasteiger partial charge in [-0.2, -0.15) is 4.31 Å². The first-order chi connectivity index (χ1) is 14.5. The van der Waals surface area contributed by atoms with Crippen LogP contribution >= 0.6 is 11.8 Å². The second kappa shape index (κ2) is 9.38. The van der Waals surface area contributed by atoms with Gasteiger partial charge in [-0.3, -0.25) is 4.79 Å². The molecular weight excluding hydrogens is 426 g/mol. The van der Waals surface area contributed by atoms with Gasteiger partial charge < -0.3 is 14.2 Å². The molecule has 0 N–H and O–H groups in total. The number of ether oxygens (including phenoxy) is 3. The van der Waals surface area contributed by atoms with Crippen LogP contribution in [-0.4, -0.2) is 63.8 Å². The molecule has 9 heteroatoms. The number of benzene rings is 2. The Labute approximate surface area is 180 Å². The number of morpholine rings is 1. The molecule has 2 heterocycles. The lowest BCUT2D eigenvalue weighted by Crippen LogP contribution is -2.40. The minimum Gasteiger partial charge on any atom is -0.490 e. The number of fused-ring (bicyclic) bond motifs is 1. The van der Waals surface area contributed by atoms with Gasteiger partial charge in [-0.1, -0.05) is 12.1 Å². The molecule has 0 amide bonds. The van der Waals surface area contributed by atoms with E-state index in [0.29, 0.717) is 50.8 Å². The summed E-state index contributed by atoms with van der Waals surface area (Å²) in [5, 5.41) is 0. The molecule has 0 bridgehead atoms. The van der Waals surface area contributed by atoms with Crippen molar-refractivity contribution in [3.8, 4) is 11.5 Å². The Hall–Kier alpha value is -2.07. The molecule has 1 fully saturated rings. The van der Waals surface area contributed by atoms with E-state index in [4.69, 9.17) is 14.2 Å².